The number of ether oxygens (including phenoxy) is 2. The molecule has 0 fully saturated rings. The highest BCUT2D eigenvalue weighted by atomic mass is 16.6. The van der Waals surface area contributed by atoms with Gasteiger partial charge in [-0.3, -0.25) is 4.99 Å². The third kappa shape index (κ3) is 14.6. The second kappa shape index (κ2) is 11.5. The molecule has 9 nitrogen and oxygen atoms in total. The van der Waals surface area contributed by atoms with Gasteiger partial charge in [0.05, 0.1) is 6.54 Å². The second-order valence-corrected chi connectivity index (χ2v) is 8.02. The van der Waals surface area contributed by atoms with E-state index in [2.05, 4.69) is 20.9 Å². The summed E-state index contributed by atoms with van der Waals surface area (Å²) in [7, 11) is 1.69. The molecule has 158 valence electrons. The fourth-order valence-corrected chi connectivity index (χ4v) is 1.75. The summed E-state index contributed by atoms with van der Waals surface area (Å²) in [4.78, 5) is 29.4. The highest BCUT2D eigenvalue weighted by Gasteiger charge is 2.19. The van der Waals surface area contributed by atoms with E-state index in [0.717, 1.165) is 0 Å². The van der Waals surface area contributed by atoms with Crippen LogP contribution < -0.4 is 16.0 Å². The summed E-state index contributed by atoms with van der Waals surface area (Å²) in [6, 6.07) is 0. The summed E-state index contributed by atoms with van der Waals surface area (Å²) < 4.78 is 10.5. The Morgan fingerprint density at radius 2 is 1.52 bits per heavy atom. The number of aliphatic imine (C=N–C) groups is 1. The van der Waals surface area contributed by atoms with Gasteiger partial charge in [-0.1, -0.05) is 0 Å². The maximum Gasteiger partial charge on any atom is 0.410 e. The molecule has 0 heterocycles. The van der Waals surface area contributed by atoms with Crippen LogP contribution in [0, 0.1) is 0 Å². The monoisotopic (exact) mass is 387 g/mol. The third-order valence-corrected chi connectivity index (χ3v) is 2.84. The van der Waals surface area contributed by atoms with Gasteiger partial charge < -0.3 is 30.3 Å². The van der Waals surface area contributed by atoms with Crippen molar-refractivity contribution in [2.75, 3.05) is 39.8 Å². The summed E-state index contributed by atoms with van der Waals surface area (Å²) in [5.41, 5.74) is -1.04. The molecular weight excluding hydrogens is 350 g/mol. The van der Waals surface area contributed by atoms with Gasteiger partial charge in [0.15, 0.2) is 5.96 Å². The lowest BCUT2D eigenvalue weighted by atomic mass is 10.2. The van der Waals surface area contributed by atoms with Crippen LogP contribution in [0.3, 0.4) is 0 Å². The summed E-state index contributed by atoms with van der Waals surface area (Å²) in [6.07, 6.45) is -0.831. The Morgan fingerprint density at radius 1 is 0.926 bits per heavy atom. The van der Waals surface area contributed by atoms with Gasteiger partial charge in [0.25, 0.3) is 0 Å². The maximum absolute atomic E-state index is 11.9. The van der Waals surface area contributed by atoms with Crippen LogP contribution in [0.25, 0.3) is 0 Å². The molecule has 0 unspecified atom stereocenters. The number of alkyl carbamates (subject to hydrolysis) is 1. The molecule has 27 heavy (non-hydrogen) atoms. The summed E-state index contributed by atoms with van der Waals surface area (Å²) in [5, 5.41) is 8.91. The van der Waals surface area contributed by atoms with Crippen molar-refractivity contribution in [2.24, 2.45) is 4.99 Å². The molecule has 0 saturated heterocycles. The lowest BCUT2D eigenvalue weighted by Gasteiger charge is -2.24. The number of hydrogen-bond donors (Lipinski definition) is 3. The molecule has 0 aliphatic heterocycles. The van der Waals surface area contributed by atoms with Gasteiger partial charge in [-0.05, 0) is 48.5 Å². The van der Waals surface area contributed by atoms with E-state index in [0.29, 0.717) is 38.7 Å². The largest absolute Gasteiger partial charge is 0.444 e. The van der Waals surface area contributed by atoms with Crippen molar-refractivity contribution in [1.29, 1.82) is 0 Å². The Balaban J connectivity index is 4.27. The number of rotatable bonds is 7. The smallest absolute Gasteiger partial charge is 0.410 e. The zero-order valence-corrected chi connectivity index (χ0v) is 18.1. The standard InChI is InChI=1S/C18H37N5O4/c1-9-19-14(20-10-11-22-15(24)26-17(2,3)4)21-12-13-23(8)16(25)27-18(5,6)7/h9-13H2,1-8H3,(H,22,24)(H2,19,20,21). The topological polar surface area (TPSA) is 104 Å². The first-order chi connectivity index (χ1) is 12.3. The normalized spacial score (nSPS) is 12.2. The van der Waals surface area contributed by atoms with Gasteiger partial charge in [0, 0.05) is 33.2 Å². The Labute approximate surface area is 163 Å². The van der Waals surface area contributed by atoms with E-state index in [1.807, 2.05) is 48.5 Å². The van der Waals surface area contributed by atoms with E-state index in [1.165, 1.54) is 4.90 Å². The van der Waals surface area contributed by atoms with E-state index in [1.54, 1.807) is 7.05 Å². The number of guanidine groups is 1. The number of amides is 2. The number of carbonyl (C=O) groups excluding carboxylic acids is 2. The van der Waals surface area contributed by atoms with Crippen molar-refractivity contribution < 1.29 is 19.1 Å². The molecule has 0 saturated carbocycles. The van der Waals surface area contributed by atoms with Crippen molar-refractivity contribution in [2.45, 2.75) is 59.7 Å². The fourth-order valence-electron chi connectivity index (χ4n) is 1.75. The molecule has 0 aromatic carbocycles. The quantitative estimate of drug-likeness (QED) is 0.350. The molecule has 9 heteroatoms. The molecule has 0 aromatic rings. The third-order valence-electron chi connectivity index (χ3n) is 2.84. The SMILES string of the molecule is CCNC(=NCCNC(=O)OC(C)(C)C)NCCN(C)C(=O)OC(C)(C)C. The fraction of sp³-hybridized carbons (Fsp3) is 0.833. The van der Waals surface area contributed by atoms with E-state index in [9.17, 15) is 9.59 Å². The van der Waals surface area contributed by atoms with E-state index >= 15 is 0 Å². The first-order valence-electron chi connectivity index (χ1n) is 9.27. The van der Waals surface area contributed by atoms with Gasteiger partial charge in [0.1, 0.15) is 11.2 Å². The average molecular weight is 388 g/mol. The number of carbonyl (C=O) groups is 2. The van der Waals surface area contributed by atoms with Gasteiger partial charge >= 0.3 is 12.2 Å². The van der Waals surface area contributed by atoms with Crippen LogP contribution in [0.2, 0.25) is 0 Å². The molecular formula is C18H37N5O4. The predicted octanol–water partition coefficient (Wildman–Crippen LogP) is 1.93. The predicted molar refractivity (Wildman–Crippen MR) is 107 cm³/mol. The summed E-state index contributed by atoms with van der Waals surface area (Å²) in [5.74, 6) is 0.612. The van der Waals surface area contributed by atoms with Gasteiger partial charge in [0.2, 0.25) is 0 Å². The van der Waals surface area contributed by atoms with Crippen molar-refractivity contribution in [3.8, 4) is 0 Å². The van der Waals surface area contributed by atoms with Crippen LogP contribution in [0.15, 0.2) is 4.99 Å². The first kappa shape index (κ1) is 24.8. The van der Waals surface area contributed by atoms with Crippen LogP contribution >= 0.6 is 0 Å². The van der Waals surface area contributed by atoms with Crippen molar-refractivity contribution >= 4 is 18.1 Å². The maximum atomic E-state index is 11.9. The highest BCUT2D eigenvalue weighted by Crippen LogP contribution is 2.08. The second-order valence-electron chi connectivity index (χ2n) is 8.02. The Kier molecular flexibility index (Phi) is 10.6. The Hall–Kier alpha value is -2.19. The van der Waals surface area contributed by atoms with Crippen molar-refractivity contribution in [3.63, 3.8) is 0 Å². The lowest BCUT2D eigenvalue weighted by molar-refractivity contribution is 0.0301. The average Bonchev–Trinajstić information content (AvgIpc) is 2.47. The van der Waals surface area contributed by atoms with Gasteiger partial charge in [-0.2, -0.15) is 0 Å². The summed E-state index contributed by atoms with van der Waals surface area (Å²) in [6.45, 7) is 15.3. The molecule has 0 aliphatic rings. The molecule has 0 aromatic heterocycles. The Bertz CT molecular complexity index is 495. The minimum Gasteiger partial charge on any atom is -0.444 e. The van der Waals surface area contributed by atoms with Crippen molar-refractivity contribution in [3.05, 3.63) is 0 Å². The van der Waals surface area contributed by atoms with Crippen LogP contribution in [0.5, 0.6) is 0 Å². The van der Waals surface area contributed by atoms with E-state index in [4.69, 9.17) is 9.47 Å². The van der Waals surface area contributed by atoms with E-state index < -0.39 is 17.3 Å². The number of likely N-dealkylation sites (N-methyl/N-ethyl adjacent to an activating group) is 1. The number of nitrogens with one attached hydrogen (secondary N) is 3. The van der Waals surface area contributed by atoms with Gasteiger partial charge in [-0.15, -0.1) is 0 Å². The lowest BCUT2D eigenvalue weighted by Crippen LogP contribution is -2.43. The summed E-state index contributed by atoms with van der Waals surface area (Å²) >= 11 is 0. The molecule has 0 aliphatic carbocycles. The molecule has 0 radical (unpaired) electrons. The van der Waals surface area contributed by atoms with Crippen LogP contribution in [-0.4, -0.2) is 74.0 Å². The van der Waals surface area contributed by atoms with E-state index in [-0.39, 0.29) is 6.09 Å². The zero-order valence-electron chi connectivity index (χ0n) is 18.1. The minimum absolute atomic E-state index is 0.364. The number of hydrogen-bond acceptors (Lipinski definition) is 5. The first-order valence-corrected chi connectivity index (χ1v) is 9.27. The molecule has 3 N–H and O–H groups in total. The Morgan fingerprint density at radius 3 is 2.04 bits per heavy atom. The van der Waals surface area contributed by atoms with Crippen molar-refractivity contribution in [1.82, 2.24) is 20.9 Å². The highest BCUT2D eigenvalue weighted by molar-refractivity contribution is 5.79. The molecule has 0 spiro atoms. The molecule has 2 amide bonds. The van der Waals surface area contributed by atoms with Crippen LogP contribution in [0.4, 0.5) is 9.59 Å². The molecule has 0 rings (SSSR count). The van der Waals surface area contributed by atoms with Crippen LogP contribution in [0.1, 0.15) is 48.5 Å². The van der Waals surface area contributed by atoms with Gasteiger partial charge in [-0.25, -0.2) is 9.59 Å². The number of nitrogens with zero attached hydrogens (tertiary/aromatic N) is 2. The van der Waals surface area contributed by atoms with Crippen LogP contribution in [-0.2, 0) is 9.47 Å². The molecule has 0 atom stereocenters. The molecule has 0 bridgehead atoms. The minimum atomic E-state index is -0.524. The zero-order chi connectivity index (χ0) is 21.1.